The number of unbranched alkanes of at least 4 members (excludes halogenated alkanes) is 46. The number of phosphoric acid groups is 2. The second kappa shape index (κ2) is 71.5. The van der Waals surface area contributed by atoms with Crippen molar-refractivity contribution in [3.63, 3.8) is 0 Å². The number of esters is 4. The highest BCUT2D eigenvalue weighted by molar-refractivity contribution is 7.47. The van der Waals surface area contributed by atoms with Crippen molar-refractivity contribution in [3.05, 3.63) is 24.3 Å². The third-order valence-corrected chi connectivity index (χ3v) is 19.8. The van der Waals surface area contributed by atoms with Crippen LogP contribution in [-0.4, -0.2) is 96.7 Å². The largest absolute Gasteiger partial charge is 0.472 e. The first-order valence-corrected chi connectivity index (χ1v) is 43.4. The van der Waals surface area contributed by atoms with E-state index in [1.807, 2.05) is 0 Å². The minimum atomic E-state index is -4.97. The molecule has 3 N–H and O–H groups in total. The lowest BCUT2D eigenvalue weighted by atomic mass is 10.0. The Morgan fingerprint density at radius 3 is 0.837 bits per heavy atom. The van der Waals surface area contributed by atoms with Crippen LogP contribution in [0.1, 0.15) is 394 Å². The fourth-order valence-electron chi connectivity index (χ4n) is 11.7. The molecule has 0 aromatic rings. The number of carbonyl (C=O) groups excluding carboxylic acids is 4. The van der Waals surface area contributed by atoms with Gasteiger partial charge in [0.2, 0.25) is 0 Å². The van der Waals surface area contributed by atoms with E-state index in [4.69, 9.17) is 37.0 Å². The van der Waals surface area contributed by atoms with Crippen molar-refractivity contribution in [2.24, 2.45) is 5.92 Å². The summed E-state index contributed by atoms with van der Waals surface area (Å²) in [5.41, 5.74) is 0. The van der Waals surface area contributed by atoms with Gasteiger partial charge < -0.3 is 33.8 Å². The summed E-state index contributed by atoms with van der Waals surface area (Å²) in [6.45, 7) is 7.24. The molecule has 0 aliphatic rings. The summed E-state index contributed by atoms with van der Waals surface area (Å²) < 4.78 is 68.6. The predicted octanol–water partition coefficient (Wildman–Crippen LogP) is 23.2. The topological polar surface area (TPSA) is 237 Å². The van der Waals surface area contributed by atoms with Gasteiger partial charge in [-0.15, -0.1) is 0 Å². The van der Waals surface area contributed by atoms with Crippen molar-refractivity contribution in [1.29, 1.82) is 0 Å². The van der Waals surface area contributed by atoms with Gasteiger partial charge in [-0.05, 0) is 57.3 Å². The van der Waals surface area contributed by atoms with E-state index < -0.39 is 97.5 Å². The number of aliphatic hydroxyl groups is 1. The predicted molar refractivity (Wildman–Crippen MR) is 400 cm³/mol. The molecule has 578 valence electrons. The molecule has 0 spiro atoms. The van der Waals surface area contributed by atoms with Gasteiger partial charge in [-0.1, -0.05) is 341 Å². The SMILES string of the molecule is CCCCCC/C=C\C=C/CCCCCCCC(=O)OC[C@H](COP(=O)(O)OC[C@@H](O)COP(=O)(O)OC[C@@H](COC(=O)CCCCCCCCCCCC)OC(=O)CCCCCCCCCCCCCC(C)C)OC(=O)CCCCCCCCCCCCCCCCCCCCC. The summed E-state index contributed by atoms with van der Waals surface area (Å²) >= 11 is 0. The van der Waals surface area contributed by atoms with Crippen molar-refractivity contribution < 1.29 is 80.2 Å². The molecule has 0 aromatic heterocycles. The Bertz CT molecular complexity index is 1970. The van der Waals surface area contributed by atoms with Gasteiger partial charge in [0.15, 0.2) is 12.2 Å². The monoisotopic (exact) mass is 1430 g/mol. The van der Waals surface area contributed by atoms with E-state index in [9.17, 15) is 43.2 Å². The summed E-state index contributed by atoms with van der Waals surface area (Å²) in [6, 6.07) is 0. The Morgan fingerprint density at radius 1 is 0.316 bits per heavy atom. The van der Waals surface area contributed by atoms with Crippen molar-refractivity contribution in [2.45, 2.75) is 412 Å². The van der Waals surface area contributed by atoms with Gasteiger partial charge in [-0.2, -0.15) is 0 Å². The molecule has 0 saturated carbocycles. The minimum Gasteiger partial charge on any atom is -0.462 e. The van der Waals surface area contributed by atoms with Crippen LogP contribution in [0.3, 0.4) is 0 Å². The molecular formula is C79H150O17P2. The van der Waals surface area contributed by atoms with Gasteiger partial charge in [-0.25, -0.2) is 9.13 Å². The van der Waals surface area contributed by atoms with Gasteiger partial charge in [0.1, 0.15) is 19.3 Å². The van der Waals surface area contributed by atoms with Crippen molar-refractivity contribution >= 4 is 39.5 Å². The van der Waals surface area contributed by atoms with Crippen LogP contribution in [0, 0.1) is 5.92 Å². The third kappa shape index (κ3) is 71.9. The van der Waals surface area contributed by atoms with E-state index in [2.05, 4.69) is 58.9 Å². The van der Waals surface area contributed by atoms with Crippen molar-refractivity contribution in [1.82, 2.24) is 0 Å². The van der Waals surface area contributed by atoms with E-state index in [0.29, 0.717) is 25.7 Å². The Kier molecular flexibility index (Phi) is 69.7. The molecule has 19 heteroatoms. The summed E-state index contributed by atoms with van der Waals surface area (Å²) in [6.07, 6.45) is 64.6. The number of phosphoric ester groups is 2. The zero-order valence-corrected chi connectivity index (χ0v) is 65.2. The van der Waals surface area contributed by atoms with Crippen molar-refractivity contribution in [3.8, 4) is 0 Å². The maximum absolute atomic E-state index is 13.1. The van der Waals surface area contributed by atoms with Crippen LogP contribution in [0.5, 0.6) is 0 Å². The molecule has 0 bridgehead atoms. The van der Waals surface area contributed by atoms with Gasteiger partial charge >= 0.3 is 39.5 Å². The van der Waals surface area contributed by atoms with E-state index in [-0.39, 0.29) is 25.7 Å². The molecule has 0 amide bonds. The Hall–Kier alpha value is -2.46. The molecule has 0 fully saturated rings. The fraction of sp³-hybridized carbons (Fsp3) is 0.899. The summed E-state index contributed by atoms with van der Waals surface area (Å²) in [4.78, 5) is 72.9. The van der Waals surface area contributed by atoms with Gasteiger partial charge in [0, 0.05) is 25.7 Å². The first kappa shape index (κ1) is 95.5. The number of ether oxygens (including phenoxy) is 4. The van der Waals surface area contributed by atoms with E-state index >= 15 is 0 Å². The zero-order chi connectivity index (χ0) is 71.9. The molecular weight excluding hydrogens is 1280 g/mol. The van der Waals surface area contributed by atoms with Crippen molar-refractivity contribution in [2.75, 3.05) is 39.6 Å². The van der Waals surface area contributed by atoms with Gasteiger partial charge in [0.25, 0.3) is 0 Å². The molecule has 5 atom stereocenters. The van der Waals surface area contributed by atoms with E-state index in [0.717, 1.165) is 115 Å². The third-order valence-electron chi connectivity index (χ3n) is 17.9. The number of hydrogen-bond acceptors (Lipinski definition) is 15. The lowest BCUT2D eigenvalue weighted by molar-refractivity contribution is -0.161. The standard InChI is InChI=1S/C79H150O17P2/c1-6-9-12-15-18-21-24-26-28-29-30-31-33-35-39-44-49-54-59-64-78(83)95-75(69-90-77(82)63-58-53-48-43-38-34-32-27-25-22-19-16-13-10-7-2)71-94-98(87,88)92-67-73(80)66-91-97(85,86)93-70-74(68-89-76(81)62-57-52-47-42-23-20-17-14-11-8-3)96-79(84)65-60-55-50-45-40-36-37-41-46-51-56-61-72(4)5/h22,25,27,32,72-75,80H,6-21,23-24,26,28-31,33-71H2,1-5H3,(H,85,86)(H,87,88)/b25-22-,32-27-/t73-,74+,75+/m0/s1. The van der Waals surface area contributed by atoms with Gasteiger partial charge in [-0.3, -0.25) is 37.3 Å². The minimum absolute atomic E-state index is 0.102. The first-order valence-electron chi connectivity index (χ1n) is 40.5. The quantitative estimate of drug-likeness (QED) is 0.0169. The maximum Gasteiger partial charge on any atom is 0.472 e. The molecule has 98 heavy (non-hydrogen) atoms. The highest BCUT2D eigenvalue weighted by atomic mass is 31.2. The highest BCUT2D eigenvalue weighted by Crippen LogP contribution is 2.45. The molecule has 0 saturated heterocycles. The summed E-state index contributed by atoms with van der Waals surface area (Å²) in [5.74, 6) is -1.38. The molecule has 0 aliphatic carbocycles. The Balaban J connectivity index is 5.27. The number of aliphatic hydroxyl groups excluding tert-OH is 1. The van der Waals surface area contributed by atoms with Crippen LogP contribution in [0.4, 0.5) is 0 Å². The molecule has 0 aliphatic heterocycles. The maximum atomic E-state index is 13.1. The second-order valence-electron chi connectivity index (χ2n) is 28.2. The molecule has 2 unspecified atom stereocenters. The average molecular weight is 1430 g/mol. The first-order chi connectivity index (χ1) is 47.5. The number of carbonyl (C=O) groups is 4. The number of allylic oxidation sites excluding steroid dienone is 4. The fourth-order valence-corrected chi connectivity index (χ4v) is 13.3. The van der Waals surface area contributed by atoms with Crippen LogP contribution in [0.15, 0.2) is 24.3 Å². The number of rotatable bonds is 77. The molecule has 0 aromatic carbocycles. The lowest BCUT2D eigenvalue weighted by Crippen LogP contribution is -2.30. The summed E-state index contributed by atoms with van der Waals surface area (Å²) in [5, 5.41) is 10.6. The molecule has 17 nitrogen and oxygen atoms in total. The Morgan fingerprint density at radius 2 is 0.551 bits per heavy atom. The smallest absolute Gasteiger partial charge is 0.462 e. The van der Waals surface area contributed by atoms with Crippen LogP contribution in [0.25, 0.3) is 0 Å². The van der Waals surface area contributed by atoms with E-state index in [1.54, 1.807) is 0 Å². The van der Waals surface area contributed by atoms with Crippen LogP contribution >= 0.6 is 15.6 Å². The molecule has 0 heterocycles. The normalized spacial score (nSPS) is 14.1. The molecule has 0 rings (SSSR count). The van der Waals surface area contributed by atoms with Gasteiger partial charge in [0.05, 0.1) is 26.4 Å². The molecule has 0 radical (unpaired) electrons. The zero-order valence-electron chi connectivity index (χ0n) is 63.4. The van der Waals surface area contributed by atoms with Crippen LogP contribution < -0.4 is 0 Å². The van der Waals surface area contributed by atoms with Crippen LogP contribution in [0.2, 0.25) is 0 Å². The van der Waals surface area contributed by atoms with E-state index in [1.165, 1.54) is 199 Å². The average Bonchev–Trinajstić information content (AvgIpc) is 1.36. The lowest BCUT2D eigenvalue weighted by Gasteiger charge is -2.21. The Labute approximate surface area is 599 Å². The highest BCUT2D eigenvalue weighted by Gasteiger charge is 2.30. The second-order valence-corrected chi connectivity index (χ2v) is 31.2. The number of hydrogen-bond donors (Lipinski definition) is 3. The summed E-state index contributed by atoms with van der Waals surface area (Å²) in [7, 11) is -9.93. The van der Waals surface area contributed by atoms with Crippen LogP contribution in [-0.2, 0) is 65.4 Å².